The Kier molecular flexibility index (Phi) is 5.99. The van der Waals surface area contributed by atoms with Crippen molar-refractivity contribution in [1.82, 2.24) is 10.6 Å². The molecule has 110 valence electrons. The van der Waals surface area contributed by atoms with Gasteiger partial charge in [0.15, 0.2) is 0 Å². The third-order valence-corrected chi connectivity index (χ3v) is 3.83. The molecule has 0 spiro atoms. The van der Waals surface area contributed by atoms with Gasteiger partial charge in [0.2, 0.25) is 5.91 Å². The lowest BCUT2D eigenvalue weighted by Crippen LogP contribution is -2.40. The third kappa shape index (κ3) is 4.93. The first-order valence-electron chi connectivity index (χ1n) is 7.49. The number of amides is 1. The molecule has 0 radical (unpaired) electrons. The van der Waals surface area contributed by atoms with E-state index in [0.29, 0.717) is 31.1 Å². The Bertz CT molecular complexity index is 430. The van der Waals surface area contributed by atoms with E-state index in [1.165, 1.54) is 38.2 Å². The monoisotopic (exact) mass is 278 g/mol. The Morgan fingerprint density at radius 3 is 2.70 bits per heavy atom. The van der Waals surface area contributed by atoms with E-state index in [2.05, 4.69) is 10.6 Å². The molecule has 1 aromatic rings. The summed E-state index contributed by atoms with van der Waals surface area (Å²) in [6.07, 6.45) is 6.69. The van der Waals surface area contributed by atoms with Crippen LogP contribution < -0.4 is 10.6 Å². The van der Waals surface area contributed by atoms with Crippen molar-refractivity contribution in [2.45, 2.75) is 44.6 Å². The van der Waals surface area contributed by atoms with Gasteiger partial charge in [0.1, 0.15) is 5.82 Å². The Balaban J connectivity index is 1.61. The first-order valence-corrected chi connectivity index (χ1v) is 7.49. The van der Waals surface area contributed by atoms with Crippen LogP contribution in [0.4, 0.5) is 4.39 Å². The minimum absolute atomic E-state index is 0.00749. The normalized spacial score (nSPS) is 16.1. The number of hydrogen-bond acceptors (Lipinski definition) is 2. The van der Waals surface area contributed by atoms with Crippen LogP contribution in [0.1, 0.15) is 37.7 Å². The molecule has 1 saturated carbocycles. The molecule has 0 aromatic heterocycles. The lowest BCUT2D eigenvalue weighted by Gasteiger charge is -2.22. The van der Waals surface area contributed by atoms with Crippen molar-refractivity contribution in [1.29, 1.82) is 0 Å². The zero-order valence-corrected chi connectivity index (χ0v) is 11.8. The van der Waals surface area contributed by atoms with E-state index in [1.807, 2.05) is 6.07 Å². The van der Waals surface area contributed by atoms with Crippen LogP contribution in [-0.2, 0) is 11.2 Å². The van der Waals surface area contributed by atoms with Crippen molar-refractivity contribution in [3.8, 4) is 0 Å². The van der Waals surface area contributed by atoms with Crippen LogP contribution in [-0.4, -0.2) is 25.0 Å². The summed E-state index contributed by atoms with van der Waals surface area (Å²) in [5.41, 5.74) is 0.646. The SMILES string of the molecule is O=C(CNC1CCCCC1)NCCc1ccccc1F. The van der Waals surface area contributed by atoms with Gasteiger partial charge >= 0.3 is 0 Å². The molecule has 1 aliphatic carbocycles. The average Bonchev–Trinajstić information content (AvgIpc) is 2.48. The quantitative estimate of drug-likeness (QED) is 0.839. The lowest BCUT2D eigenvalue weighted by molar-refractivity contribution is -0.120. The van der Waals surface area contributed by atoms with Crippen LogP contribution in [0.3, 0.4) is 0 Å². The number of hydrogen-bond donors (Lipinski definition) is 2. The summed E-state index contributed by atoms with van der Waals surface area (Å²) in [5, 5.41) is 6.13. The number of rotatable bonds is 6. The predicted octanol–water partition coefficient (Wildman–Crippen LogP) is 2.41. The molecule has 1 aromatic carbocycles. The molecule has 20 heavy (non-hydrogen) atoms. The maximum atomic E-state index is 13.4. The van der Waals surface area contributed by atoms with Gasteiger partial charge in [0.05, 0.1) is 6.54 Å². The van der Waals surface area contributed by atoms with Crippen LogP contribution in [0.25, 0.3) is 0 Å². The first-order chi connectivity index (χ1) is 9.75. The highest BCUT2D eigenvalue weighted by Gasteiger charge is 2.13. The lowest BCUT2D eigenvalue weighted by atomic mass is 9.95. The van der Waals surface area contributed by atoms with Gasteiger partial charge in [-0.25, -0.2) is 4.39 Å². The molecule has 0 bridgehead atoms. The summed E-state index contributed by atoms with van der Waals surface area (Å²) in [6.45, 7) is 0.841. The molecule has 0 heterocycles. The number of carbonyl (C=O) groups is 1. The predicted molar refractivity (Wildman–Crippen MR) is 78.0 cm³/mol. The summed E-state index contributed by atoms with van der Waals surface area (Å²) in [4.78, 5) is 11.7. The van der Waals surface area contributed by atoms with Gasteiger partial charge in [0, 0.05) is 12.6 Å². The summed E-state index contributed by atoms with van der Waals surface area (Å²) >= 11 is 0. The molecule has 1 aliphatic rings. The molecule has 4 heteroatoms. The number of carbonyl (C=O) groups excluding carboxylic acids is 1. The molecular formula is C16H23FN2O. The maximum absolute atomic E-state index is 13.4. The fourth-order valence-corrected chi connectivity index (χ4v) is 2.64. The fourth-order valence-electron chi connectivity index (χ4n) is 2.64. The Labute approximate surface area is 120 Å². The van der Waals surface area contributed by atoms with Gasteiger partial charge in [-0.15, -0.1) is 0 Å². The van der Waals surface area contributed by atoms with Crippen LogP contribution in [0.5, 0.6) is 0 Å². The molecule has 1 amide bonds. The molecule has 3 nitrogen and oxygen atoms in total. The number of benzene rings is 1. The molecule has 0 saturated heterocycles. The third-order valence-electron chi connectivity index (χ3n) is 3.83. The van der Waals surface area contributed by atoms with Gasteiger partial charge in [-0.1, -0.05) is 37.5 Å². The van der Waals surface area contributed by atoms with Gasteiger partial charge in [0.25, 0.3) is 0 Å². The minimum Gasteiger partial charge on any atom is -0.355 e. The van der Waals surface area contributed by atoms with E-state index in [0.717, 1.165) is 0 Å². The van der Waals surface area contributed by atoms with Gasteiger partial charge in [-0.3, -0.25) is 4.79 Å². The van der Waals surface area contributed by atoms with Crippen LogP contribution >= 0.6 is 0 Å². The zero-order valence-electron chi connectivity index (χ0n) is 11.8. The van der Waals surface area contributed by atoms with Crippen LogP contribution in [0.15, 0.2) is 24.3 Å². The summed E-state index contributed by atoms with van der Waals surface area (Å²) in [6, 6.07) is 7.17. The second kappa shape index (κ2) is 8.00. The zero-order chi connectivity index (χ0) is 14.2. The van der Waals surface area contributed by atoms with Crippen molar-refractivity contribution in [2.75, 3.05) is 13.1 Å². The van der Waals surface area contributed by atoms with Crippen molar-refractivity contribution < 1.29 is 9.18 Å². The van der Waals surface area contributed by atoms with Gasteiger partial charge in [-0.2, -0.15) is 0 Å². The first kappa shape index (κ1) is 15.0. The van der Waals surface area contributed by atoms with Crippen molar-refractivity contribution in [3.63, 3.8) is 0 Å². The molecule has 0 aliphatic heterocycles. The second-order valence-corrected chi connectivity index (χ2v) is 5.41. The molecule has 1 fully saturated rings. The van der Waals surface area contributed by atoms with Crippen LogP contribution in [0, 0.1) is 5.82 Å². The van der Waals surface area contributed by atoms with Crippen molar-refractivity contribution in [2.24, 2.45) is 0 Å². The van der Waals surface area contributed by atoms with Gasteiger partial charge in [-0.05, 0) is 30.9 Å². The Morgan fingerprint density at radius 2 is 1.95 bits per heavy atom. The molecule has 2 N–H and O–H groups in total. The standard InChI is InChI=1S/C16H23FN2O/c17-15-9-5-4-6-13(15)10-11-18-16(20)12-19-14-7-2-1-3-8-14/h4-6,9,14,19H,1-3,7-8,10-12H2,(H,18,20). The van der Waals surface area contributed by atoms with E-state index in [9.17, 15) is 9.18 Å². The minimum atomic E-state index is -0.206. The summed E-state index contributed by atoms with van der Waals surface area (Å²) in [5.74, 6) is -0.214. The highest BCUT2D eigenvalue weighted by molar-refractivity contribution is 5.78. The van der Waals surface area contributed by atoms with E-state index in [1.54, 1.807) is 12.1 Å². The Morgan fingerprint density at radius 1 is 1.20 bits per heavy atom. The largest absolute Gasteiger partial charge is 0.355 e. The van der Waals surface area contributed by atoms with Crippen molar-refractivity contribution >= 4 is 5.91 Å². The summed E-state index contributed by atoms with van der Waals surface area (Å²) < 4.78 is 13.4. The van der Waals surface area contributed by atoms with Crippen molar-refractivity contribution in [3.05, 3.63) is 35.6 Å². The highest BCUT2D eigenvalue weighted by Crippen LogP contribution is 2.16. The number of halogens is 1. The fraction of sp³-hybridized carbons (Fsp3) is 0.562. The molecule has 0 atom stereocenters. The average molecular weight is 278 g/mol. The van der Waals surface area contributed by atoms with E-state index >= 15 is 0 Å². The van der Waals surface area contributed by atoms with Crippen LogP contribution in [0.2, 0.25) is 0 Å². The van der Waals surface area contributed by atoms with Gasteiger partial charge < -0.3 is 10.6 Å². The molecule has 0 unspecified atom stereocenters. The Hall–Kier alpha value is -1.42. The van der Waals surface area contributed by atoms with E-state index in [4.69, 9.17) is 0 Å². The highest BCUT2D eigenvalue weighted by atomic mass is 19.1. The topological polar surface area (TPSA) is 41.1 Å². The van der Waals surface area contributed by atoms with E-state index < -0.39 is 0 Å². The maximum Gasteiger partial charge on any atom is 0.233 e. The van der Waals surface area contributed by atoms with E-state index in [-0.39, 0.29) is 11.7 Å². The smallest absolute Gasteiger partial charge is 0.233 e. The number of nitrogens with one attached hydrogen (secondary N) is 2. The molecular weight excluding hydrogens is 255 g/mol. The molecule has 2 rings (SSSR count). The second-order valence-electron chi connectivity index (χ2n) is 5.41. The summed E-state index contributed by atoms with van der Waals surface area (Å²) in [7, 11) is 0.